The Kier molecular flexibility index (Phi) is 5.32. The van der Waals surface area contributed by atoms with Gasteiger partial charge >= 0.3 is 0 Å². The molecule has 1 amide bonds. The van der Waals surface area contributed by atoms with Crippen LogP contribution in [0.2, 0.25) is 0 Å². The van der Waals surface area contributed by atoms with Crippen LogP contribution in [0.5, 0.6) is 0 Å². The van der Waals surface area contributed by atoms with Crippen LogP contribution in [-0.2, 0) is 11.3 Å². The molecule has 5 nitrogen and oxygen atoms in total. The van der Waals surface area contributed by atoms with E-state index >= 15 is 0 Å². The van der Waals surface area contributed by atoms with E-state index in [4.69, 9.17) is 0 Å². The molecule has 0 aliphatic carbocycles. The van der Waals surface area contributed by atoms with Crippen molar-refractivity contribution in [2.24, 2.45) is 5.18 Å². The second-order valence-corrected chi connectivity index (χ2v) is 5.98. The van der Waals surface area contributed by atoms with Crippen LogP contribution in [0.15, 0.2) is 70.8 Å². The van der Waals surface area contributed by atoms with Crippen LogP contribution >= 0.6 is 0 Å². The molecule has 1 aromatic rings. The van der Waals surface area contributed by atoms with Crippen LogP contribution in [0.1, 0.15) is 18.1 Å². The molecular formula is C19H20FN3O2. The molecule has 0 aromatic heterocycles. The highest BCUT2D eigenvalue weighted by molar-refractivity contribution is 5.99. The van der Waals surface area contributed by atoms with Gasteiger partial charge in [-0.2, -0.15) is 0 Å². The maximum atomic E-state index is 13.9. The van der Waals surface area contributed by atoms with Gasteiger partial charge in [0.1, 0.15) is 11.5 Å². The Morgan fingerprint density at radius 2 is 2.08 bits per heavy atom. The molecule has 0 bridgehead atoms. The summed E-state index contributed by atoms with van der Waals surface area (Å²) in [5.74, 6) is -0.840. The molecule has 130 valence electrons. The molecule has 0 fully saturated rings. The number of aryl methyl sites for hydroxylation is 1. The SMILES string of the molecule is C=C(C)C1=C(N=O)C(=C)C(C(=O)NCc2ccc(C)cc2F)=CN1C. The minimum atomic E-state index is -0.459. The van der Waals surface area contributed by atoms with Crippen molar-refractivity contribution < 1.29 is 9.18 Å². The number of halogens is 1. The minimum absolute atomic E-state index is 0.0280. The van der Waals surface area contributed by atoms with Crippen LogP contribution in [0.3, 0.4) is 0 Å². The second-order valence-electron chi connectivity index (χ2n) is 5.98. The Labute approximate surface area is 146 Å². The van der Waals surface area contributed by atoms with Crippen molar-refractivity contribution >= 4 is 5.91 Å². The van der Waals surface area contributed by atoms with E-state index < -0.39 is 5.91 Å². The number of nitrogens with zero attached hydrogens (tertiary/aromatic N) is 2. The van der Waals surface area contributed by atoms with E-state index in [0.717, 1.165) is 5.56 Å². The molecule has 1 aliphatic heterocycles. The average Bonchev–Trinajstić information content (AvgIpc) is 2.54. The molecule has 1 aliphatic rings. The molecule has 0 radical (unpaired) electrons. The monoisotopic (exact) mass is 341 g/mol. The van der Waals surface area contributed by atoms with Crippen molar-refractivity contribution in [1.29, 1.82) is 0 Å². The lowest BCUT2D eigenvalue weighted by Gasteiger charge is -2.27. The Morgan fingerprint density at radius 1 is 1.40 bits per heavy atom. The first-order chi connectivity index (χ1) is 11.8. The number of benzene rings is 1. The molecule has 1 N–H and O–H groups in total. The van der Waals surface area contributed by atoms with Gasteiger partial charge in [-0.3, -0.25) is 4.79 Å². The highest BCUT2D eigenvalue weighted by Crippen LogP contribution is 2.32. The Balaban J connectivity index is 2.20. The molecule has 1 heterocycles. The zero-order valence-electron chi connectivity index (χ0n) is 14.5. The summed E-state index contributed by atoms with van der Waals surface area (Å²) in [5.41, 5.74) is 2.82. The predicted octanol–water partition coefficient (Wildman–Crippen LogP) is 3.69. The Hall–Kier alpha value is -3.02. The van der Waals surface area contributed by atoms with Gasteiger partial charge in [-0.1, -0.05) is 25.3 Å². The zero-order chi connectivity index (χ0) is 18.7. The molecule has 0 saturated carbocycles. The maximum Gasteiger partial charge on any atom is 0.253 e. The molecule has 1 aromatic carbocycles. The number of nitroso groups, excluding NO2 is 1. The summed E-state index contributed by atoms with van der Waals surface area (Å²) in [4.78, 5) is 25.3. The minimum Gasteiger partial charge on any atom is -0.348 e. The summed E-state index contributed by atoms with van der Waals surface area (Å²) >= 11 is 0. The fourth-order valence-electron chi connectivity index (χ4n) is 2.64. The fraction of sp³-hybridized carbons (Fsp3) is 0.211. The number of rotatable bonds is 5. The van der Waals surface area contributed by atoms with Crippen molar-refractivity contribution in [2.75, 3.05) is 7.05 Å². The van der Waals surface area contributed by atoms with Crippen LogP contribution in [-0.4, -0.2) is 17.9 Å². The third-order valence-corrected chi connectivity index (χ3v) is 3.90. The first-order valence-corrected chi connectivity index (χ1v) is 7.67. The number of nitrogens with one attached hydrogen (secondary N) is 1. The fourth-order valence-corrected chi connectivity index (χ4v) is 2.64. The van der Waals surface area contributed by atoms with E-state index in [0.29, 0.717) is 16.8 Å². The molecule has 0 atom stereocenters. The summed E-state index contributed by atoms with van der Waals surface area (Å²) in [7, 11) is 1.69. The summed E-state index contributed by atoms with van der Waals surface area (Å²) in [5, 5.41) is 5.65. The van der Waals surface area contributed by atoms with E-state index in [1.807, 2.05) is 0 Å². The van der Waals surface area contributed by atoms with Gasteiger partial charge in [0.2, 0.25) is 0 Å². The van der Waals surface area contributed by atoms with Gasteiger partial charge in [0.15, 0.2) is 0 Å². The van der Waals surface area contributed by atoms with E-state index in [2.05, 4.69) is 23.7 Å². The van der Waals surface area contributed by atoms with Gasteiger partial charge in [-0.05, 0) is 36.2 Å². The third-order valence-electron chi connectivity index (χ3n) is 3.90. The number of carbonyl (C=O) groups is 1. The number of likely N-dealkylation sites (N-methyl/N-ethyl adjacent to an activating group) is 1. The smallest absolute Gasteiger partial charge is 0.253 e. The number of carbonyl (C=O) groups excluding carboxylic acids is 1. The Bertz CT molecular complexity index is 837. The van der Waals surface area contributed by atoms with Crippen LogP contribution in [0.25, 0.3) is 0 Å². The zero-order valence-corrected chi connectivity index (χ0v) is 14.5. The molecule has 0 saturated heterocycles. The number of hydrogen-bond donors (Lipinski definition) is 1. The number of amides is 1. The standard InChI is InChI=1S/C19H20FN3O2/c1-11(2)18-17(22-25)13(4)15(10-23(18)5)19(24)21-9-14-7-6-12(3)8-16(14)20/h6-8,10H,1,4,9H2,2-3,5H3,(H,21,24). The van der Waals surface area contributed by atoms with Crippen LogP contribution in [0, 0.1) is 17.6 Å². The van der Waals surface area contributed by atoms with Crippen molar-refractivity contribution in [3.05, 3.63) is 87.5 Å². The lowest BCUT2D eigenvalue weighted by Crippen LogP contribution is -2.30. The first kappa shape index (κ1) is 18.3. The summed E-state index contributed by atoms with van der Waals surface area (Å²) in [6.07, 6.45) is 1.56. The van der Waals surface area contributed by atoms with Crippen molar-refractivity contribution in [3.8, 4) is 0 Å². The molecule has 2 rings (SSSR count). The highest BCUT2D eigenvalue weighted by Gasteiger charge is 2.27. The average molecular weight is 341 g/mol. The highest BCUT2D eigenvalue weighted by atomic mass is 19.1. The molecular weight excluding hydrogens is 321 g/mol. The Morgan fingerprint density at radius 3 is 2.64 bits per heavy atom. The van der Waals surface area contributed by atoms with Gasteiger partial charge in [0, 0.05) is 30.9 Å². The molecule has 0 unspecified atom stereocenters. The summed E-state index contributed by atoms with van der Waals surface area (Å²) in [6, 6.07) is 4.80. The van der Waals surface area contributed by atoms with E-state index in [-0.39, 0.29) is 29.2 Å². The molecule has 6 heteroatoms. The molecule has 0 spiro atoms. The summed E-state index contributed by atoms with van der Waals surface area (Å²) in [6.45, 7) is 11.2. The van der Waals surface area contributed by atoms with Crippen molar-refractivity contribution in [1.82, 2.24) is 10.2 Å². The molecule has 25 heavy (non-hydrogen) atoms. The quantitative estimate of drug-likeness (QED) is 0.831. The van der Waals surface area contributed by atoms with E-state index in [9.17, 15) is 14.1 Å². The van der Waals surface area contributed by atoms with Gasteiger partial charge in [0.05, 0.1) is 11.3 Å². The predicted molar refractivity (Wildman–Crippen MR) is 95.6 cm³/mol. The first-order valence-electron chi connectivity index (χ1n) is 7.67. The normalized spacial score (nSPS) is 14.3. The lowest BCUT2D eigenvalue weighted by molar-refractivity contribution is -0.117. The van der Waals surface area contributed by atoms with Crippen molar-refractivity contribution in [3.63, 3.8) is 0 Å². The lowest BCUT2D eigenvalue weighted by atomic mass is 9.97. The van der Waals surface area contributed by atoms with Gasteiger partial charge < -0.3 is 10.2 Å². The number of hydrogen-bond acceptors (Lipinski definition) is 4. The third kappa shape index (κ3) is 3.74. The number of allylic oxidation sites excluding steroid dienone is 2. The van der Waals surface area contributed by atoms with Crippen LogP contribution < -0.4 is 5.32 Å². The second kappa shape index (κ2) is 7.25. The van der Waals surface area contributed by atoms with E-state index in [1.54, 1.807) is 44.1 Å². The van der Waals surface area contributed by atoms with Crippen LogP contribution in [0.4, 0.5) is 4.39 Å². The largest absolute Gasteiger partial charge is 0.348 e. The maximum absolute atomic E-state index is 13.9. The van der Waals surface area contributed by atoms with E-state index in [1.165, 1.54) is 6.07 Å². The summed E-state index contributed by atoms with van der Waals surface area (Å²) < 4.78 is 13.9. The van der Waals surface area contributed by atoms with Gasteiger partial charge in [-0.25, -0.2) is 4.39 Å². The van der Waals surface area contributed by atoms with Gasteiger partial charge in [0.25, 0.3) is 5.91 Å². The van der Waals surface area contributed by atoms with Crippen molar-refractivity contribution in [2.45, 2.75) is 20.4 Å². The topological polar surface area (TPSA) is 61.8 Å². The van der Waals surface area contributed by atoms with Gasteiger partial charge in [-0.15, -0.1) is 4.91 Å².